The van der Waals surface area contributed by atoms with Gasteiger partial charge in [-0.1, -0.05) is 31.5 Å². The number of benzene rings is 2. The zero-order valence-corrected chi connectivity index (χ0v) is 27.7. The van der Waals surface area contributed by atoms with Gasteiger partial charge >= 0.3 is 12.1 Å². The summed E-state index contributed by atoms with van der Waals surface area (Å²) in [6.45, 7) is 2.63. The molecule has 1 amide bonds. The first-order valence-corrected chi connectivity index (χ1v) is 16.7. The second kappa shape index (κ2) is 13.8. The average Bonchev–Trinajstić information content (AvgIpc) is 3.73. The van der Waals surface area contributed by atoms with Crippen LogP contribution in [0.3, 0.4) is 0 Å². The van der Waals surface area contributed by atoms with Crippen LogP contribution in [0.5, 0.6) is 5.75 Å². The second-order valence-electron chi connectivity index (χ2n) is 13.3. The fourth-order valence-electron chi connectivity index (χ4n) is 7.71. The number of nitrogens with zero attached hydrogens (tertiary/aromatic N) is 6. The van der Waals surface area contributed by atoms with Crippen molar-refractivity contribution >= 4 is 23.4 Å². The number of carbonyl (C=O) groups excluding carboxylic acids is 1. The highest BCUT2D eigenvalue weighted by Crippen LogP contribution is 2.47. The van der Waals surface area contributed by atoms with Crippen LogP contribution in [0.25, 0.3) is 0 Å². The van der Waals surface area contributed by atoms with Crippen molar-refractivity contribution in [3.8, 4) is 11.8 Å². The molecule has 4 heterocycles. The first-order valence-electron chi connectivity index (χ1n) is 16.7. The number of nitriles is 1. The third-order valence-corrected chi connectivity index (χ3v) is 10.5. The van der Waals surface area contributed by atoms with Gasteiger partial charge in [-0.05, 0) is 66.3 Å². The van der Waals surface area contributed by atoms with E-state index in [2.05, 4.69) is 10.2 Å². The number of halogens is 4. The van der Waals surface area contributed by atoms with Crippen LogP contribution in [0.1, 0.15) is 60.4 Å². The minimum absolute atomic E-state index is 0.102. The van der Waals surface area contributed by atoms with E-state index in [0.29, 0.717) is 47.6 Å². The molecule has 0 spiro atoms. The minimum Gasteiger partial charge on any atom is -0.497 e. The standard InChI is InChI=1S/C36H38F4N6O4/c1-3-22-18-45(19-29(22)28-10-6-25(36(38,39)40)16-31(28)44-14-12-24(13-15-44)33(47)48)34(49)35(37)21-46(32-11-7-26(17-41)42-43-32)20-30(35)23-4-8-27(50-2)9-5-23/h4-11,16,22,24,29-30H,3,12-15,18-21H2,1-2H3,(H,47,48)/t22-,29-,30-,35-/m0/s1. The summed E-state index contributed by atoms with van der Waals surface area (Å²) in [6.07, 6.45) is -3.38. The Kier molecular flexibility index (Phi) is 9.61. The Balaban J connectivity index is 1.32. The summed E-state index contributed by atoms with van der Waals surface area (Å²) in [5, 5.41) is 26.6. The molecule has 50 heavy (non-hydrogen) atoms. The Morgan fingerprint density at radius 2 is 1.74 bits per heavy atom. The van der Waals surface area contributed by atoms with Crippen molar-refractivity contribution in [1.82, 2.24) is 15.1 Å². The first-order chi connectivity index (χ1) is 23.9. The minimum atomic E-state index is -4.58. The molecular formula is C36H38F4N6O4. The topological polar surface area (TPSA) is 123 Å². The molecule has 4 atom stereocenters. The molecule has 0 bridgehead atoms. The van der Waals surface area contributed by atoms with E-state index in [1.165, 1.54) is 24.1 Å². The number of piperidine rings is 1. The van der Waals surface area contributed by atoms with E-state index in [-0.39, 0.29) is 56.8 Å². The van der Waals surface area contributed by atoms with Gasteiger partial charge in [0, 0.05) is 50.2 Å². The number of anilines is 2. The van der Waals surface area contributed by atoms with Crippen molar-refractivity contribution in [3.63, 3.8) is 0 Å². The maximum absolute atomic E-state index is 17.6. The van der Waals surface area contributed by atoms with Crippen molar-refractivity contribution in [2.75, 3.05) is 56.2 Å². The van der Waals surface area contributed by atoms with Gasteiger partial charge < -0.3 is 24.5 Å². The molecule has 0 unspecified atom stereocenters. The molecule has 1 N–H and O–H groups in total. The number of carboxylic acids is 1. The lowest BCUT2D eigenvalue weighted by atomic mass is 9.84. The summed E-state index contributed by atoms with van der Waals surface area (Å²) in [4.78, 5) is 31.0. The lowest BCUT2D eigenvalue weighted by Gasteiger charge is -2.35. The van der Waals surface area contributed by atoms with Crippen LogP contribution >= 0.6 is 0 Å². The van der Waals surface area contributed by atoms with Crippen molar-refractivity contribution in [3.05, 3.63) is 77.0 Å². The summed E-state index contributed by atoms with van der Waals surface area (Å²) in [5.74, 6) is -2.72. The zero-order chi connectivity index (χ0) is 35.8. The van der Waals surface area contributed by atoms with Gasteiger partial charge in [0.2, 0.25) is 5.67 Å². The highest BCUT2D eigenvalue weighted by molar-refractivity contribution is 5.89. The summed E-state index contributed by atoms with van der Waals surface area (Å²) in [7, 11) is 1.52. The van der Waals surface area contributed by atoms with Crippen LogP contribution < -0.4 is 14.5 Å². The van der Waals surface area contributed by atoms with Crippen LogP contribution in [-0.2, 0) is 15.8 Å². The normalized spacial score (nSPS) is 24.3. The monoisotopic (exact) mass is 694 g/mol. The average molecular weight is 695 g/mol. The van der Waals surface area contributed by atoms with Gasteiger partial charge in [-0.2, -0.15) is 18.4 Å². The number of amides is 1. The van der Waals surface area contributed by atoms with Gasteiger partial charge in [0.05, 0.1) is 25.1 Å². The summed E-state index contributed by atoms with van der Waals surface area (Å²) < 4.78 is 64.7. The van der Waals surface area contributed by atoms with Gasteiger partial charge in [0.1, 0.15) is 11.8 Å². The molecule has 3 aliphatic rings. The van der Waals surface area contributed by atoms with Gasteiger partial charge in [-0.15, -0.1) is 10.2 Å². The highest BCUT2D eigenvalue weighted by atomic mass is 19.4. The van der Waals surface area contributed by atoms with E-state index in [0.717, 1.165) is 12.1 Å². The molecule has 3 aliphatic heterocycles. The SMILES string of the molecule is CC[C@H]1CN(C(=O)[C@]2(F)CN(c3ccc(C#N)nn3)C[C@H]2c2ccc(OC)cc2)C[C@@H]1c1ccc(C(F)(F)F)cc1N1CCC(C(=O)O)CC1. The number of aromatic nitrogens is 2. The fraction of sp³-hybridized carbons (Fsp3) is 0.472. The van der Waals surface area contributed by atoms with Crippen LogP contribution in [0.4, 0.5) is 29.1 Å². The van der Waals surface area contributed by atoms with Crippen LogP contribution in [-0.4, -0.2) is 84.1 Å². The van der Waals surface area contributed by atoms with Gasteiger partial charge in [0.25, 0.3) is 5.91 Å². The maximum atomic E-state index is 17.6. The van der Waals surface area contributed by atoms with Crippen molar-refractivity contribution in [2.24, 2.45) is 11.8 Å². The smallest absolute Gasteiger partial charge is 0.416 e. The molecule has 10 nitrogen and oxygen atoms in total. The molecule has 6 rings (SSSR count). The number of aliphatic carboxylic acids is 1. The van der Waals surface area contributed by atoms with Crippen molar-refractivity contribution in [1.29, 1.82) is 5.26 Å². The Labute approximate surface area is 287 Å². The fourth-order valence-corrected chi connectivity index (χ4v) is 7.71. The highest BCUT2D eigenvalue weighted by Gasteiger charge is 2.57. The molecule has 3 fully saturated rings. The van der Waals surface area contributed by atoms with E-state index >= 15 is 4.39 Å². The molecule has 3 saturated heterocycles. The van der Waals surface area contributed by atoms with E-state index in [4.69, 9.17) is 10.00 Å². The van der Waals surface area contributed by atoms with Crippen LogP contribution in [0.2, 0.25) is 0 Å². The van der Waals surface area contributed by atoms with Crippen LogP contribution in [0, 0.1) is 23.2 Å². The number of alkyl halides is 4. The Morgan fingerprint density at radius 1 is 1.02 bits per heavy atom. The van der Waals surface area contributed by atoms with E-state index in [9.17, 15) is 27.9 Å². The third kappa shape index (κ3) is 6.65. The van der Waals surface area contributed by atoms with Crippen molar-refractivity contribution in [2.45, 2.75) is 49.9 Å². The number of carboxylic acid groups (broad SMARTS) is 1. The van der Waals surface area contributed by atoms with E-state index in [1.54, 1.807) is 35.2 Å². The first kappa shape index (κ1) is 34.9. The van der Waals surface area contributed by atoms with Crippen LogP contribution in [0.15, 0.2) is 54.6 Å². The number of ether oxygens (including phenoxy) is 1. The van der Waals surface area contributed by atoms with Crippen molar-refractivity contribution < 1.29 is 37.0 Å². The number of likely N-dealkylation sites (tertiary alicyclic amines) is 1. The number of hydrogen-bond acceptors (Lipinski definition) is 8. The number of methoxy groups -OCH3 is 1. The maximum Gasteiger partial charge on any atom is 0.416 e. The van der Waals surface area contributed by atoms with Gasteiger partial charge in [0.15, 0.2) is 11.5 Å². The molecule has 0 saturated carbocycles. The Bertz CT molecular complexity index is 1760. The Hall–Kier alpha value is -4.93. The summed E-state index contributed by atoms with van der Waals surface area (Å²) >= 11 is 0. The molecule has 3 aromatic rings. The van der Waals surface area contributed by atoms with E-state index < -0.39 is 41.1 Å². The van der Waals surface area contributed by atoms with Gasteiger partial charge in [-0.25, -0.2) is 4.39 Å². The molecular weight excluding hydrogens is 656 g/mol. The summed E-state index contributed by atoms with van der Waals surface area (Å²) in [5.41, 5.74) is -1.50. The number of rotatable bonds is 8. The molecule has 264 valence electrons. The Morgan fingerprint density at radius 3 is 2.32 bits per heavy atom. The predicted octanol–water partition coefficient (Wildman–Crippen LogP) is 5.64. The quantitative estimate of drug-likeness (QED) is 0.299. The molecule has 2 aromatic carbocycles. The van der Waals surface area contributed by atoms with Gasteiger partial charge in [-0.3, -0.25) is 9.59 Å². The molecule has 1 aromatic heterocycles. The lowest BCUT2D eigenvalue weighted by Crippen LogP contribution is -2.50. The molecule has 14 heteroatoms. The third-order valence-electron chi connectivity index (χ3n) is 10.5. The summed E-state index contributed by atoms with van der Waals surface area (Å²) in [6, 6.07) is 15.4. The predicted molar refractivity (Wildman–Crippen MR) is 176 cm³/mol. The number of hydrogen-bond donors (Lipinski definition) is 1. The zero-order valence-electron chi connectivity index (χ0n) is 27.7. The largest absolute Gasteiger partial charge is 0.497 e. The lowest BCUT2D eigenvalue weighted by molar-refractivity contribution is -0.143. The van der Waals surface area contributed by atoms with E-state index in [1.807, 2.05) is 17.9 Å². The molecule has 0 aliphatic carbocycles. The number of carbonyl (C=O) groups is 2. The molecule has 0 radical (unpaired) electrons. The second-order valence-corrected chi connectivity index (χ2v) is 13.3.